The zero-order chi connectivity index (χ0) is 13.2. The predicted octanol–water partition coefficient (Wildman–Crippen LogP) is 2.92. The van der Waals surface area contributed by atoms with E-state index in [1.807, 2.05) is 0 Å². The Balaban J connectivity index is 2.16. The number of hydrogen-bond acceptors (Lipinski definition) is 3. The molecule has 1 atom stereocenters. The maximum atomic E-state index is 12.1. The molecule has 0 amide bonds. The molecule has 1 aromatic carbocycles. The van der Waals surface area contributed by atoms with Crippen LogP contribution in [0.3, 0.4) is 0 Å². The molecule has 1 heterocycles. The average molecular weight is 260 g/mol. The van der Waals surface area contributed by atoms with Crippen molar-refractivity contribution in [1.82, 2.24) is 0 Å². The summed E-state index contributed by atoms with van der Waals surface area (Å²) in [5.74, 6) is -0.00296. The molecule has 1 aromatic rings. The van der Waals surface area contributed by atoms with E-state index in [4.69, 9.17) is 4.74 Å². The average Bonchev–Trinajstić information content (AvgIpc) is 2.79. The second kappa shape index (κ2) is 4.89. The lowest BCUT2D eigenvalue weighted by Crippen LogP contribution is -2.17. The summed E-state index contributed by atoms with van der Waals surface area (Å²) in [7, 11) is 0. The van der Waals surface area contributed by atoms with Crippen LogP contribution >= 0.6 is 0 Å². The highest BCUT2D eigenvalue weighted by molar-refractivity contribution is 5.33. The number of halogens is 3. The van der Waals surface area contributed by atoms with Gasteiger partial charge >= 0.3 is 6.36 Å². The van der Waals surface area contributed by atoms with Crippen molar-refractivity contribution in [1.29, 1.82) is 0 Å². The lowest BCUT2D eigenvalue weighted by atomic mass is 10.1. The van der Waals surface area contributed by atoms with Crippen molar-refractivity contribution in [2.45, 2.75) is 18.9 Å². The molecule has 0 saturated heterocycles. The van der Waals surface area contributed by atoms with Crippen molar-refractivity contribution in [3.05, 3.63) is 41.7 Å². The minimum Gasteiger partial charge on any atom is -0.495 e. The highest BCUT2D eigenvalue weighted by Crippen LogP contribution is 2.30. The molecule has 1 unspecified atom stereocenters. The lowest BCUT2D eigenvalue weighted by Gasteiger charge is -2.14. The smallest absolute Gasteiger partial charge is 0.495 e. The molecule has 98 valence electrons. The summed E-state index contributed by atoms with van der Waals surface area (Å²) in [6.45, 7) is 0.477. The Kier molecular flexibility index (Phi) is 3.47. The van der Waals surface area contributed by atoms with E-state index < -0.39 is 12.5 Å². The van der Waals surface area contributed by atoms with Gasteiger partial charge in [0.1, 0.15) is 17.6 Å². The SMILES string of the molecule is OC(C1=CCCO1)c1cccc(OC(F)(F)F)c1. The van der Waals surface area contributed by atoms with E-state index in [1.165, 1.54) is 18.2 Å². The molecule has 0 aromatic heterocycles. The first-order chi connectivity index (χ1) is 8.46. The van der Waals surface area contributed by atoms with Gasteiger partial charge in [-0.05, 0) is 23.8 Å². The van der Waals surface area contributed by atoms with Crippen LogP contribution in [0.5, 0.6) is 5.75 Å². The van der Waals surface area contributed by atoms with E-state index in [9.17, 15) is 18.3 Å². The quantitative estimate of drug-likeness (QED) is 0.908. The van der Waals surface area contributed by atoms with E-state index in [2.05, 4.69) is 4.74 Å². The zero-order valence-electron chi connectivity index (χ0n) is 9.28. The lowest BCUT2D eigenvalue weighted by molar-refractivity contribution is -0.274. The van der Waals surface area contributed by atoms with Gasteiger partial charge in [-0.3, -0.25) is 0 Å². The summed E-state index contributed by atoms with van der Waals surface area (Å²) in [4.78, 5) is 0. The van der Waals surface area contributed by atoms with E-state index in [-0.39, 0.29) is 5.75 Å². The van der Waals surface area contributed by atoms with Gasteiger partial charge in [-0.1, -0.05) is 12.1 Å². The first-order valence-electron chi connectivity index (χ1n) is 5.32. The summed E-state index contributed by atoms with van der Waals surface area (Å²) < 4.78 is 45.1. The molecular weight excluding hydrogens is 249 g/mol. The number of benzene rings is 1. The van der Waals surface area contributed by atoms with Crippen LogP contribution in [0, 0.1) is 0 Å². The first-order valence-corrected chi connectivity index (χ1v) is 5.32. The van der Waals surface area contributed by atoms with Gasteiger partial charge in [0.25, 0.3) is 0 Å². The number of aliphatic hydroxyl groups is 1. The van der Waals surface area contributed by atoms with Gasteiger partial charge < -0.3 is 14.6 Å². The summed E-state index contributed by atoms with van der Waals surface area (Å²) >= 11 is 0. The molecular formula is C12H11F3O3. The van der Waals surface area contributed by atoms with Gasteiger partial charge in [0, 0.05) is 6.42 Å². The zero-order valence-corrected chi connectivity index (χ0v) is 9.28. The Morgan fingerprint density at radius 1 is 1.33 bits per heavy atom. The van der Waals surface area contributed by atoms with Crippen molar-refractivity contribution in [3.63, 3.8) is 0 Å². The van der Waals surface area contributed by atoms with Gasteiger partial charge in [0.15, 0.2) is 0 Å². The fourth-order valence-corrected chi connectivity index (χ4v) is 1.67. The van der Waals surface area contributed by atoms with Crippen LogP contribution in [0.2, 0.25) is 0 Å². The van der Waals surface area contributed by atoms with E-state index >= 15 is 0 Å². The predicted molar refractivity (Wildman–Crippen MR) is 56.7 cm³/mol. The largest absolute Gasteiger partial charge is 0.573 e. The molecule has 6 heteroatoms. The van der Waals surface area contributed by atoms with Crippen LogP contribution in [-0.4, -0.2) is 18.1 Å². The van der Waals surface area contributed by atoms with E-state index in [1.54, 1.807) is 6.08 Å². The van der Waals surface area contributed by atoms with Gasteiger partial charge in [0.05, 0.1) is 6.61 Å². The highest BCUT2D eigenvalue weighted by atomic mass is 19.4. The molecule has 0 radical (unpaired) electrons. The van der Waals surface area contributed by atoms with Gasteiger partial charge in [0.2, 0.25) is 0 Å². The molecule has 0 spiro atoms. The van der Waals surface area contributed by atoms with Crippen molar-refractivity contribution < 1.29 is 27.8 Å². The van der Waals surface area contributed by atoms with Crippen LogP contribution in [0.25, 0.3) is 0 Å². The molecule has 0 saturated carbocycles. The number of hydrogen-bond donors (Lipinski definition) is 1. The summed E-state index contributed by atoms with van der Waals surface area (Å²) in [5.41, 5.74) is 0.296. The molecule has 0 aliphatic carbocycles. The van der Waals surface area contributed by atoms with E-state index in [0.717, 1.165) is 6.07 Å². The Bertz CT molecular complexity index is 454. The van der Waals surface area contributed by atoms with Crippen molar-refractivity contribution in [2.75, 3.05) is 6.61 Å². The number of alkyl halides is 3. The fraction of sp³-hybridized carbons (Fsp3) is 0.333. The number of ether oxygens (including phenoxy) is 2. The minimum atomic E-state index is -4.74. The molecule has 1 aliphatic rings. The molecule has 1 aliphatic heterocycles. The Morgan fingerprint density at radius 3 is 2.72 bits per heavy atom. The summed E-state index contributed by atoms with van der Waals surface area (Å²) in [6.07, 6.45) is -3.41. The molecule has 2 rings (SSSR count). The Labute approximate surface area is 101 Å². The third-order valence-electron chi connectivity index (χ3n) is 2.41. The van der Waals surface area contributed by atoms with Crippen LogP contribution in [0.1, 0.15) is 18.1 Å². The second-order valence-corrected chi connectivity index (χ2v) is 3.77. The third-order valence-corrected chi connectivity index (χ3v) is 2.41. The number of rotatable bonds is 3. The summed E-state index contributed by atoms with van der Waals surface area (Å²) in [5, 5.41) is 9.91. The molecule has 3 nitrogen and oxygen atoms in total. The molecule has 0 bridgehead atoms. The second-order valence-electron chi connectivity index (χ2n) is 3.77. The van der Waals surface area contributed by atoms with Gasteiger partial charge in [-0.15, -0.1) is 13.2 Å². The highest BCUT2D eigenvalue weighted by Gasteiger charge is 2.31. The first kappa shape index (κ1) is 12.8. The van der Waals surface area contributed by atoms with Crippen LogP contribution < -0.4 is 4.74 Å². The third kappa shape index (κ3) is 3.16. The number of aliphatic hydroxyl groups excluding tert-OH is 1. The maximum absolute atomic E-state index is 12.1. The molecule has 0 fully saturated rings. The van der Waals surface area contributed by atoms with Crippen molar-refractivity contribution in [3.8, 4) is 5.75 Å². The van der Waals surface area contributed by atoms with E-state index in [0.29, 0.717) is 24.4 Å². The fourth-order valence-electron chi connectivity index (χ4n) is 1.67. The maximum Gasteiger partial charge on any atom is 0.573 e. The van der Waals surface area contributed by atoms with Crippen molar-refractivity contribution in [2.24, 2.45) is 0 Å². The van der Waals surface area contributed by atoms with Gasteiger partial charge in [-0.25, -0.2) is 0 Å². The standard InChI is InChI=1S/C12H11F3O3/c13-12(14,15)18-9-4-1-3-8(7-9)11(16)10-5-2-6-17-10/h1,3-5,7,11,16H,2,6H2. The molecule has 1 N–H and O–H groups in total. The summed E-state index contributed by atoms with van der Waals surface area (Å²) in [6, 6.07) is 5.21. The van der Waals surface area contributed by atoms with Crippen molar-refractivity contribution >= 4 is 0 Å². The minimum absolute atomic E-state index is 0.296. The van der Waals surface area contributed by atoms with Crippen LogP contribution in [-0.2, 0) is 4.74 Å². The monoisotopic (exact) mass is 260 g/mol. The Morgan fingerprint density at radius 2 is 2.11 bits per heavy atom. The van der Waals surface area contributed by atoms with Gasteiger partial charge in [-0.2, -0.15) is 0 Å². The van der Waals surface area contributed by atoms with Crippen LogP contribution in [0.15, 0.2) is 36.1 Å². The topological polar surface area (TPSA) is 38.7 Å². The Hall–Kier alpha value is -1.69. The normalized spacial score (nSPS) is 17.0. The molecule has 18 heavy (non-hydrogen) atoms. The van der Waals surface area contributed by atoms with Crippen LogP contribution in [0.4, 0.5) is 13.2 Å².